The minimum atomic E-state index is 0.311. The minimum Gasteiger partial charge on any atom is -0.374 e. The van der Waals surface area contributed by atoms with Crippen LogP contribution in [0.15, 0.2) is 11.6 Å². The van der Waals surface area contributed by atoms with E-state index < -0.39 is 0 Å². The molecule has 1 heterocycles. The Kier molecular flexibility index (Phi) is 5.03. The van der Waals surface area contributed by atoms with E-state index >= 15 is 0 Å². The van der Waals surface area contributed by atoms with Gasteiger partial charge in [0.2, 0.25) is 0 Å². The number of rotatable bonds is 3. The Morgan fingerprint density at radius 1 is 1.14 bits per heavy atom. The Balaban J connectivity index is 1.37. The lowest BCUT2D eigenvalue weighted by Crippen LogP contribution is -2.51. The van der Waals surface area contributed by atoms with E-state index in [2.05, 4.69) is 40.7 Å². The Morgan fingerprint density at radius 2 is 1.93 bits per heavy atom. The summed E-state index contributed by atoms with van der Waals surface area (Å²) in [7, 11) is 0. The van der Waals surface area contributed by atoms with E-state index in [1.165, 1.54) is 57.8 Å². The van der Waals surface area contributed by atoms with Gasteiger partial charge in [-0.25, -0.2) is 0 Å². The standard InChI is InChI=1S/C27H45NO/c1-16(2)6-9-23-17(3)25-24(29-23)15-22-20-8-7-18-14-19(28)10-12-26(18,4)21(20)11-13-27(22,25)5/h14,16-17,19-25H,6-13,15,28H2,1-5H3/t17-,19?,20-,21+,22+,23-,24+,25+,26+,27+/m1/s1. The molecule has 10 atom stereocenters. The third-order valence-corrected chi connectivity index (χ3v) is 10.8. The molecule has 0 aromatic carbocycles. The zero-order chi connectivity index (χ0) is 20.6. The van der Waals surface area contributed by atoms with Crippen LogP contribution in [0.4, 0.5) is 0 Å². The van der Waals surface area contributed by atoms with Gasteiger partial charge >= 0.3 is 0 Å². The molecule has 0 aromatic heterocycles. The number of ether oxygens (including phenoxy) is 1. The third kappa shape index (κ3) is 3.02. The van der Waals surface area contributed by atoms with E-state index in [1.807, 2.05) is 0 Å². The van der Waals surface area contributed by atoms with Crippen LogP contribution in [0.5, 0.6) is 0 Å². The van der Waals surface area contributed by atoms with Crippen LogP contribution in [0.3, 0.4) is 0 Å². The molecular formula is C27H45NO. The van der Waals surface area contributed by atoms with Crippen molar-refractivity contribution < 1.29 is 4.74 Å². The molecule has 5 aliphatic rings. The quantitative estimate of drug-likeness (QED) is 0.562. The number of hydrogen-bond acceptors (Lipinski definition) is 2. The second-order valence-corrected chi connectivity index (χ2v) is 12.6. The maximum absolute atomic E-state index is 6.80. The van der Waals surface area contributed by atoms with Crippen molar-refractivity contribution in [2.24, 2.45) is 52.1 Å². The Bertz CT molecular complexity index is 669. The molecule has 0 radical (unpaired) electrons. The summed E-state index contributed by atoms with van der Waals surface area (Å²) in [6.07, 6.45) is 15.5. The second-order valence-electron chi connectivity index (χ2n) is 12.6. The highest BCUT2D eigenvalue weighted by atomic mass is 16.5. The molecule has 0 amide bonds. The molecule has 4 fully saturated rings. The number of hydrogen-bond donors (Lipinski definition) is 1. The minimum absolute atomic E-state index is 0.311. The SMILES string of the molecule is CC(C)CC[C@H]1O[C@H]2C[C@H]3[C@@H]4CCC5=CC(N)CC[C@]5(C)[C@H]4CC[C@]3(C)[C@H]2[C@@H]1C. The van der Waals surface area contributed by atoms with E-state index in [-0.39, 0.29) is 0 Å². The first-order valence-electron chi connectivity index (χ1n) is 12.9. The Morgan fingerprint density at radius 3 is 2.69 bits per heavy atom. The molecule has 0 bridgehead atoms. The average molecular weight is 400 g/mol. The molecule has 5 rings (SSSR count). The zero-order valence-corrected chi connectivity index (χ0v) is 19.6. The zero-order valence-electron chi connectivity index (χ0n) is 19.6. The van der Waals surface area contributed by atoms with Crippen LogP contribution in [0.1, 0.15) is 92.4 Å². The van der Waals surface area contributed by atoms with E-state index in [1.54, 1.807) is 5.57 Å². The fourth-order valence-corrected chi connectivity index (χ4v) is 9.27. The number of fused-ring (bicyclic) bond motifs is 7. The molecular weight excluding hydrogens is 354 g/mol. The molecule has 164 valence electrons. The largest absolute Gasteiger partial charge is 0.374 e. The van der Waals surface area contributed by atoms with Gasteiger partial charge in [-0.1, -0.05) is 46.3 Å². The lowest BCUT2D eigenvalue weighted by atomic mass is 9.46. The van der Waals surface area contributed by atoms with Crippen molar-refractivity contribution in [2.45, 2.75) is 111 Å². The van der Waals surface area contributed by atoms with Gasteiger partial charge in [-0.2, -0.15) is 0 Å². The van der Waals surface area contributed by atoms with Gasteiger partial charge in [-0.05, 0) is 104 Å². The van der Waals surface area contributed by atoms with Gasteiger partial charge in [0.25, 0.3) is 0 Å². The predicted octanol–water partition coefficient (Wildman–Crippen LogP) is 6.34. The van der Waals surface area contributed by atoms with Crippen LogP contribution < -0.4 is 5.73 Å². The fraction of sp³-hybridized carbons (Fsp3) is 0.926. The lowest BCUT2D eigenvalue weighted by molar-refractivity contribution is -0.0615. The summed E-state index contributed by atoms with van der Waals surface area (Å²) < 4.78 is 6.80. The van der Waals surface area contributed by atoms with Crippen molar-refractivity contribution in [3.8, 4) is 0 Å². The summed E-state index contributed by atoms with van der Waals surface area (Å²) in [5, 5.41) is 0. The summed E-state index contributed by atoms with van der Waals surface area (Å²) in [6.45, 7) is 12.5. The maximum atomic E-state index is 6.80. The van der Waals surface area contributed by atoms with Gasteiger partial charge < -0.3 is 10.5 Å². The normalized spacial score (nSPS) is 53.8. The highest BCUT2D eigenvalue weighted by Gasteiger charge is 2.65. The van der Waals surface area contributed by atoms with Crippen LogP contribution in [-0.4, -0.2) is 18.2 Å². The first-order valence-corrected chi connectivity index (χ1v) is 12.9. The monoisotopic (exact) mass is 399 g/mol. The Hall–Kier alpha value is -0.340. The molecule has 2 N–H and O–H groups in total. The number of nitrogens with two attached hydrogens (primary N) is 1. The van der Waals surface area contributed by atoms with Crippen LogP contribution >= 0.6 is 0 Å². The second kappa shape index (κ2) is 7.09. The third-order valence-electron chi connectivity index (χ3n) is 10.8. The van der Waals surface area contributed by atoms with Crippen LogP contribution in [-0.2, 0) is 4.74 Å². The summed E-state index contributed by atoms with van der Waals surface area (Å²) in [6, 6.07) is 0.311. The molecule has 2 nitrogen and oxygen atoms in total. The maximum Gasteiger partial charge on any atom is 0.0618 e. The van der Waals surface area contributed by atoms with E-state index in [9.17, 15) is 0 Å². The van der Waals surface area contributed by atoms with Gasteiger partial charge in [-0.15, -0.1) is 0 Å². The lowest BCUT2D eigenvalue weighted by Gasteiger charge is -2.58. The van der Waals surface area contributed by atoms with Gasteiger partial charge in [0.05, 0.1) is 12.2 Å². The van der Waals surface area contributed by atoms with Crippen LogP contribution in [0, 0.1) is 46.3 Å². The van der Waals surface area contributed by atoms with Crippen molar-refractivity contribution in [3.63, 3.8) is 0 Å². The van der Waals surface area contributed by atoms with Crippen molar-refractivity contribution >= 4 is 0 Å². The van der Waals surface area contributed by atoms with Gasteiger partial charge in [0.15, 0.2) is 0 Å². The molecule has 29 heavy (non-hydrogen) atoms. The fourth-order valence-electron chi connectivity index (χ4n) is 9.27. The number of allylic oxidation sites excluding steroid dienone is 1. The van der Waals surface area contributed by atoms with E-state index in [4.69, 9.17) is 10.5 Å². The van der Waals surface area contributed by atoms with Gasteiger partial charge in [0, 0.05) is 6.04 Å². The highest BCUT2D eigenvalue weighted by molar-refractivity contribution is 5.26. The highest BCUT2D eigenvalue weighted by Crippen LogP contribution is 2.69. The molecule has 1 unspecified atom stereocenters. The Labute approximate surface area is 179 Å². The summed E-state index contributed by atoms with van der Waals surface area (Å²) >= 11 is 0. The van der Waals surface area contributed by atoms with Gasteiger partial charge in [-0.3, -0.25) is 0 Å². The predicted molar refractivity (Wildman–Crippen MR) is 120 cm³/mol. The van der Waals surface area contributed by atoms with Crippen LogP contribution in [0.25, 0.3) is 0 Å². The molecule has 2 heteroatoms. The van der Waals surface area contributed by atoms with Gasteiger partial charge in [0.1, 0.15) is 0 Å². The summed E-state index contributed by atoms with van der Waals surface area (Å²) in [5.41, 5.74) is 8.98. The summed E-state index contributed by atoms with van der Waals surface area (Å²) in [4.78, 5) is 0. The topological polar surface area (TPSA) is 35.2 Å². The van der Waals surface area contributed by atoms with Crippen molar-refractivity contribution in [1.29, 1.82) is 0 Å². The molecule has 0 spiro atoms. The van der Waals surface area contributed by atoms with Crippen molar-refractivity contribution in [2.75, 3.05) is 0 Å². The molecule has 3 saturated carbocycles. The van der Waals surface area contributed by atoms with E-state index in [0.29, 0.717) is 29.1 Å². The van der Waals surface area contributed by atoms with E-state index in [0.717, 1.165) is 35.5 Å². The average Bonchev–Trinajstić information content (AvgIpc) is 3.14. The molecule has 1 saturated heterocycles. The smallest absolute Gasteiger partial charge is 0.0618 e. The molecule has 0 aromatic rings. The van der Waals surface area contributed by atoms with Crippen molar-refractivity contribution in [3.05, 3.63) is 11.6 Å². The summed E-state index contributed by atoms with van der Waals surface area (Å²) in [5.74, 6) is 5.03. The molecule has 1 aliphatic heterocycles. The van der Waals surface area contributed by atoms with Crippen molar-refractivity contribution in [1.82, 2.24) is 0 Å². The van der Waals surface area contributed by atoms with Crippen LogP contribution in [0.2, 0.25) is 0 Å². The molecule has 4 aliphatic carbocycles. The first-order chi connectivity index (χ1) is 13.7. The first kappa shape index (κ1) is 20.6.